The summed E-state index contributed by atoms with van der Waals surface area (Å²) in [6.45, 7) is -0.593. The summed E-state index contributed by atoms with van der Waals surface area (Å²) in [7, 11) is 0. The number of aliphatic hydroxyl groups is 1. The number of nitrogens with one attached hydrogen (secondary N) is 1. The highest BCUT2D eigenvalue weighted by Gasteiger charge is 2.37. The molecule has 2 N–H and O–H groups in total. The molecular formula is C9H9ClF3NO. The lowest BCUT2D eigenvalue weighted by atomic mass is 10.3. The average Bonchev–Trinajstić information content (AvgIpc) is 2.12. The van der Waals surface area contributed by atoms with Gasteiger partial charge in [0.2, 0.25) is 0 Å². The second-order valence-corrected chi connectivity index (χ2v) is 3.39. The van der Waals surface area contributed by atoms with Crippen LogP contribution in [0.1, 0.15) is 0 Å². The summed E-state index contributed by atoms with van der Waals surface area (Å²) in [6.07, 6.45) is -6.98. The summed E-state index contributed by atoms with van der Waals surface area (Å²) in [5.41, 5.74) is 0.436. The number of alkyl halides is 3. The van der Waals surface area contributed by atoms with Crippen LogP contribution in [0, 0.1) is 0 Å². The van der Waals surface area contributed by atoms with Crippen molar-refractivity contribution < 1.29 is 18.3 Å². The molecule has 0 aromatic heterocycles. The maximum Gasteiger partial charge on any atom is 0.416 e. The molecule has 0 bridgehead atoms. The van der Waals surface area contributed by atoms with Crippen LogP contribution in [-0.4, -0.2) is 23.9 Å². The Morgan fingerprint density at radius 1 is 1.40 bits per heavy atom. The fraction of sp³-hybridized carbons (Fsp3) is 0.333. The van der Waals surface area contributed by atoms with E-state index in [2.05, 4.69) is 5.32 Å². The van der Waals surface area contributed by atoms with Crippen LogP contribution in [0.2, 0.25) is 5.02 Å². The Morgan fingerprint density at radius 3 is 2.60 bits per heavy atom. The van der Waals surface area contributed by atoms with Crippen molar-refractivity contribution in [2.45, 2.75) is 12.3 Å². The van der Waals surface area contributed by atoms with Gasteiger partial charge in [-0.3, -0.25) is 0 Å². The van der Waals surface area contributed by atoms with Crippen LogP contribution in [0.15, 0.2) is 24.3 Å². The summed E-state index contributed by atoms with van der Waals surface area (Å²) in [5, 5.41) is 11.6. The molecular weight excluding hydrogens is 231 g/mol. The zero-order valence-electron chi connectivity index (χ0n) is 7.55. The topological polar surface area (TPSA) is 32.3 Å². The van der Waals surface area contributed by atoms with Crippen LogP contribution < -0.4 is 5.32 Å². The fourth-order valence-electron chi connectivity index (χ4n) is 0.929. The quantitative estimate of drug-likeness (QED) is 0.850. The van der Waals surface area contributed by atoms with Crippen LogP contribution in [0.25, 0.3) is 0 Å². The Balaban J connectivity index is 2.51. The predicted molar refractivity (Wildman–Crippen MR) is 52.0 cm³/mol. The van der Waals surface area contributed by atoms with Crippen molar-refractivity contribution in [3.8, 4) is 0 Å². The molecule has 0 fully saturated rings. The van der Waals surface area contributed by atoms with E-state index in [1.807, 2.05) is 0 Å². The van der Waals surface area contributed by atoms with Gasteiger partial charge in [-0.15, -0.1) is 0 Å². The molecule has 0 heterocycles. The zero-order chi connectivity index (χ0) is 11.5. The summed E-state index contributed by atoms with van der Waals surface area (Å²) in [5.74, 6) is 0. The normalized spacial score (nSPS) is 13.7. The molecule has 0 spiro atoms. The van der Waals surface area contributed by atoms with Gasteiger partial charge >= 0.3 is 6.18 Å². The van der Waals surface area contributed by atoms with E-state index in [9.17, 15) is 13.2 Å². The number of aliphatic hydroxyl groups excluding tert-OH is 1. The summed E-state index contributed by atoms with van der Waals surface area (Å²) >= 11 is 5.63. The Hall–Kier alpha value is -0.940. The second kappa shape index (κ2) is 4.72. The fourth-order valence-corrected chi connectivity index (χ4v) is 1.12. The summed E-state index contributed by atoms with van der Waals surface area (Å²) in [6, 6.07) is 6.25. The number of benzene rings is 1. The van der Waals surface area contributed by atoms with E-state index in [4.69, 9.17) is 16.7 Å². The van der Waals surface area contributed by atoms with Gasteiger partial charge < -0.3 is 10.4 Å². The van der Waals surface area contributed by atoms with Crippen molar-refractivity contribution in [3.05, 3.63) is 29.3 Å². The van der Waals surface area contributed by atoms with Gasteiger partial charge in [-0.05, 0) is 18.2 Å². The lowest BCUT2D eigenvalue weighted by Gasteiger charge is -2.15. The first-order valence-electron chi connectivity index (χ1n) is 4.14. The van der Waals surface area contributed by atoms with Crippen LogP contribution in [0.5, 0.6) is 0 Å². The van der Waals surface area contributed by atoms with Crippen LogP contribution >= 0.6 is 11.6 Å². The SMILES string of the molecule is OC(CNc1cccc(Cl)c1)C(F)(F)F. The molecule has 84 valence electrons. The Labute approximate surface area is 89.7 Å². The van der Waals surface area contributed by atoms with Gasteiger partial charge in [-0.1, -0.05) is 17.7 Å². The highest BCUT2D eigenvalue weighted by molar-refractivity contribution is 6.30. The molecule has 15 heavy (non-hydrogen) atoms. The van der Waals surface area contributed by atoms with E-state index in [-0.39, 0.29) is 0 Å². The second-order valence-electron chi connectivity index (χ2n) is 2.95. The van der Waals surface area contributed by atoms with E-state index in [0.717, 1.165) is 0 Å². The van der Waals surface area contributed by atoms with Gasteiger partial charge in [0, 0.05) is 17.3 Å². The van der Waals surface area contributed by atoms with Gasteiger partial charge in [0.05, 0.1) is 0 Å². The standard InChI is InChI=1S/C9H9ClF3NO/c10-6-2-1-3-7(4-6)14-5-8(15)9(11,12)13/h1-4,8,14-15H,5H2. The van der Waals surface area contributed by atoms with E-state index < -0.39 is 18.8 Å². The van der Waals surface area contributed by atoms with Crippen molar-refractivity contribution >= 4 is 17.3 Å². The van der Waals surface area contributed by atoms with Crippen molar-refractivity contribution in [1.29, 1.82) is 0 Å². The average molecular weight is 240 g/mol. The zero-order valence-corrected chi connectivity index (χ0v) is 8.31. The number of anilines is 1. The number of rotatable bonds is 3. The first kappa shape index (κ1) is 12.1. The summed E-state index contributed by atoms with van der Waals surface area (Å²) in [4.78, 5) is 0. The molecule has 0 saturated heterocycles. The summed E-state index contributed by atoms with van der Waals surface area (Å²) < 4.78 is 35.7. The highest BCUT2D eigenvalue weighted by Crippen LogP contribution is 2.21. The molecule has 0 aliphatic carbocycles. The Morgan fingerprint density at radius 2 is 2.07 bits per heavy atom. The highest BCUT2D eigenvalue weighted by atomic mass is 35.5. The molecule has 6 heteroatoms. The molecule has 0 radical (unpaired) electrons. The number of hydrogen-bond donors (Lipinski definition) is 2. The largest absolute Gasteiger partial charge is 0.416 e. The van der Waals surface area contributed by atoms with Crippen molar-refractivity contribution in [2.75, 3.05) is 11.9 Å². The molecule has 2 nitrogen and oxygen atoms in total. The minimum absolute atomic E-state index is 0.418. The molecule has 1 rings (SSSR count). The minimum Gasteiger partial charge on any atom is -0.382 e. The van der Waals surface area contributed by atoms with E-state index in [1.165, 1.54) is 6.07 Å². The third-order valence-corrected chi connectivity index (χ3v) is 1.94. The lowest BCUT2D eigenvalue weighted by Crippen LogP contribution is -2.34. The lowest BCUT2D eigenvalue weighted by molar-refractivity contribution is -0.198. The van der Waals surface area contributed by atoms with Crippen molar-refractivity contribution in [3.63, 3.8) is 0 Å². The maximum absolute atomic E-state index is 11.9. The molecule has 0 saturated carbocycles. The third-order valence-electron chi connectivity index (χ3n) is 1.70. The number of hydrogen-bond acceptors (Lipinski definition) is 2. The first-order valence-corrected chi connectivity index (χ1v) is 4.51. The Kier molecular flexibility index (Phi) is 3.82. The predicted octanol–water partition coefficient (Wildman–Crippen LogP) is 2.68. The van der Waals surface area contributed by atoms with Gasteiger partial charge in [0.1, 0.15) is 0 Å². The first-order chi connectivity index (χ1) is 6.89. The smallest absolute Gasteiger partial charge is 0.382 e. The van der Waals surface area contributed by atoms with Crippen molar-refractivity contribution in [1.82, 2.24) is 0 Å². The molecule has 1 unspecified atom stereocenters. The molecule has 0 aliphatic rings. The van der Waals surface area contributed by atoms with E-state index >= 15 is 0 Å². The molecule has 0 aliphatic heterocycles. The van der Waals surface area contributed by atoms with E-state index in [1.54, 1.807) is 18.2 Å². The Bertz CT molecular complexity index is 329. The van der Waals surface area contributed by atoms with Gasteiger partial charge in [0.15, 0.2) is 6.10 Å². The monoisotopic (exact) mass is 239 g/mol. The van der Waals surface area contributed by atoms with Crippen LogP contribution in [0.3, 0.4) is 0 Å². The minimum atomic E-state index is -4.61. The molecule has 1 aromatic rings. The van der Waals surface area contributed by atoms with Crippen LogP contribution in [0.4, 0.5) is 18.9 Å². The van der Waals surface area contributed by atoms with Gasteiger partial charge in [-0.2, -0.15) is 13.2 Å². The van der Waals surface area contributed by atoms with Gasteiger partial charge in [-0.25, -0.2) is 0 Å². The third kappa shape index (κ3) is 3.97. The van der Waals surface area contributed by atoms with Crippen LogP contribution in [-0.2, 0) is 0 Å². The van der Waals surface area contributed by atoms with Gasteiger partial charge in [0.25, 0.3) is 0 Å². The molecule has 0 amide bonds. The van der Waals surface area contributed by atoms with Crippen molar-refractivity contribution in [2.24, 2.45) is 0 Å². The molecule has 1 atom stereocenters. The van der Waals surface area contributed by atoms with E-state index in [0.29, 0.717) is 10.7 Å². The maximum atomic E-state index is 11.9. The molecule has 1 aromatic carbocycles. The number of halogens is 4.